The minimum absolute atomic E-state index is 0.103. The Balaban J connectivity index is 1.62. The van der Waals surface area contributed by atoms with Crippen LogP contribution in [0.1, 0.15) is 35.2 Å². The molecule has 0 bridgehead atoms. The minimum Gasteiger partial charge on any atom is -0.469 e. The zero-order valence-corrected chi connectivity index (χ0v) is 24.2. The fourth-order valence-electron chi connectivity index (χ4n) is 4.01. The summed E-state index contributed by atoms with van der Waals surface area (Å²) in [5, 5.41) is 5.89. The van der Waals surface area contributed by atoms with Crippen molar-refractivity contribution in [2.24, 2.45) is 0 Å². The van der Waals surface area contributed by atoms with Gasteiger partial charge in [-0.15, -0.1) is 11.8 Å². The van der Waals surface area contributed by atoms with Gasteiger partial charge in [0.15, 0.2) is 0 Å². The number of rotatable bonds is 11. The number of ether oxygens (including phenoxy) is 2. The van der Waals surface area contributed by atoms with Crippen molar-refractivity contribution in [2.45, 2.75) is 37.8 Å². The maximum absolute atomic E-state index is 13.1. The number of methoxy groups -OCH3 is 2. The molecule has 0 unspecified atom stereocenters. The largest absolute Gasteiger partial charge is 0.469 e. The molecule has 2 aromatic carbocycles. The second-order valence-corrected chi connectivity index (χ2v) is 10.7. The first-order valence-corrected chi connectivity index (χ1v) is 14.2. The second kappa shape index (κ2) is 14.9. The van der Waals surface area contributed by atoms with Crippen LogP contribution in [0.25, 0.3) is 0 Å². The fourth-order valence-corrected chi connectivity index (χ4v) is 5.76. The highest BCUT2D eigenvalue weighted by Crippen LogP contribution is 2.26. The van der Waals surface area contributed by atoms with Gasteiger partial charge in [0.05, 0.1) is 35.7 Å². The van der Waals surface area contributed by atoms with Gasteiger partial charge in [0, 0.05) is 30.7 Å². The van der Waals surface area contributed by atoms with Gasteiger partial charge in [0.2, 0.25) is 11.8 Å². The van der Waals surface area contributed by atoms with Gasteiger partial charge >= 0.3 is 11.9 Å². The van der Waals surface area contributed by atoms with Crippen LogP contribution in [0.3, 0.4) is 0 Å². The molecule has 0 aliphatic carbocycles. The summed E-state index contributed by atoms with van der Waals surface area (Å²) in [6.45, 7) is 0. The standard InChI is InChI=1S/C27H29Cl2N3O7S/c1-38-23(34)8-4-7-22(33)32-15-40-14-21(32)25(35)31-20(27(37)39-2)13-16-9-11-17(12-10-16)30-26(36)24-18(28)5-3-6-19(24)29/h3,5-6,9-12,20-21H,4,7-8,13-15H2,1-2H3,(H,30,36)(H,31,35)/t20-,21+/m0/s1. The molecule has 2 atom stereocenters. The lowest BCUT2D eigenvalue weighted by Gasteiger charge is -2.25. The van der Waals surface area contributed by atoms with E-state index in [1.165, 1.54) is 30.9 Å². The second-order valence-electron chi connectivity index (χ2n) is 8.85. The summed E-state index contributed by atoms with van der Waals surface area (Å²) in [6, 6.07) is 9.73. The number of halogens is 2. The number of hydrogen-bond donors (Lipinski definition) is 2. The van der Waals surface area contributed by atoms with E-state index in [1.807, 2.05) is 0 Å². The van der Waals surface area contributed by atoms with Crippen LogP contribution in [0.2, 0.25) is 10.0 Å². The number of benzene rings is 2. The molecule has 0 aromatic heterocycles. The van der Waals surface area contributed by atoms with Crippen LogP contribution in [0.5, 0.6) is 0 Å². The Morgan fingerprint density at radius 3 is 2.30 bits per heavy atom. The maximum atomic E-state index is 13.1. The van der Waals surface area contributed by atoms with Gasteiger partial charge in [-0.1, -0.05) is 41.4 Å². The number of nitrogens with zero attached hydrogens (tertiary/aromatic N) is 1. The molecule has 3 rings (SSSR count). The Kier molecular flexibility index (Phi) is 11.7. The van der Waals surface area contributed by atoms with Crippen LogP contribution < -0.4 is 10.6 Å². The van der Waals surface area contributed by atoms with Crippen molar-refractivity contribution in [1.82, 2.24) is 10.2 Å². The Bertz CT molecular complexity index is 1240. The summed E-state index contributed by atoms with van der Waals surface area (Å²) < 4.78 is 9.48. The Morgan fingerprint density at radius 1 is 1.00 bits per heavy atom. The third-order valence-corrected chi connectivity index (χ3v) is 7.79. The number of carbonyl (C=O) groups is 5. The van der Waals surface area contributed by atoms with Crippen LogP contribution in [0.4, 0.5) is 5.69 Å². The van der Waals surface area contributed by atoms with E-state index < -0.39 is 35.8 Å². The molecule has 1 fully saturated rings. The molecule has 40 heavy (non-hydrogen) atoms. The molecule has 2 N–H and O–H groups in total. The van der Waals surface area contributed by atoms with Crippen LogP contribution >= 0.6 is 35.0 Å². The molecular weight excluding hydrogens is 581 g/mol. The van der Waals surface area contributed by atoms with Gasteiger partial charge in [-0.25, -0.2) is 4.79 Å². The molecule has 1 aliphatic heterocycles. The molecule has 0 saturated carbocycles. The van der Waals surface area contributed by atoms with Gasteiger partial charge in [-0.2, -0.15) is 0 Å². The number of esters is 2. The van der Waals surface area contributed by atoms with E-state index in [1.54, 1.807) is 42.5 Å². The maximum Gasteiger partial charge on any atom is 0.328 e. The summed E-state index contributed by atoms with van der Waals surface area (Å²) in [7, 11) is 2.51. The Labute approximate surface area is 246 Å². The molecule has 10 nitrogen and oxygen atoms in total. The number of anilines is 1. The van der Waals surface area contributed by atoms with E-state index in [-0.39, 0.29) is 40.8 Å². The van der Waals surface area contributed by atoms with E-state index in [9.17, 15) is 24.0 Å². The number of amides is 3. The first-order chi connectivity index (χ1) is 19.1. The van der Waals surface area contributed by atoms with Crippen LogP contribution in [0, 0.1) is 0 Å². The predicted molar refractivity (Wildman–Crippen MR) is 152 cm³/mol. The van der Waals surface area contributed by atoms with Crippen molar-refractivity contribution in [1.29, 1.82) is 0 Å². The minimum atomic E-state index is -0.998. The van der Waals surface area contributed by atoms with Crippen LogP contribution in [-0.2, 0) is 35.1 Å². The van der Waals surface area contributed by atoms with Gasteiger partial charge in [-0.05, 0) is 36.2 Å². The number of nitrogens with one attached hydrogen (secondary N) is 2. The van der Waals surface area contributed by atoms with Gasteiger partial charge < -0.3 is 25.0 Å². The average molecular weight is 611 g/mol. The molecule has 1 aliphatic rings. The lowest BCUT2D eigenvalue weighted by molar-refractivity contribution is -0.146. The van der Waals surface area contributed by atoms with E-state index >= 15 is 0 Å². The molecule has 2 aromatic rings. The summed E-state index contributed by atoms with van der Waals surface area (Å²) in [5.74, 6) is -1.51. The molecule has 0 radical (unpaired) electrons. The average Bonchev–Trinajstić information content (AvgIpc) is 3.43. The quantitative estimate of drug-likeness (QED) is 0.369. The van der Waals surface area contributed by atoms with Gasteiger partial charge in [-0.3, -0.25) is 19.2 Å². The first-order valence-electron chi connectivity index (χ1n) is 12.3. The third-order valence-electron chi connectivity index (χ3n) is 6.15. The van der Waals surface area contributed by atoms with Crippen molar-refractivity contribution in [3.05, 3.63) is 63.6 Å². The van der Waals surface area contributed by atoms with Crippen molar-refractivity contribution in [3.8, 4) is 0 Å². The molecule has 1 heterocycles. The van der Waals surface area contributed by atoms with Crippen molar-refractivity contribution >= 4 is 70.3 Å². The van der Waals surface area contributed by atoms with Crippen LogP contribution in [-0.4, -0.2) is 72.5 Å². The van der Waals surface area contributed by atoms with Crippen molar-refractivity contribution in [2.75, 3.05) is 31.2 Å². The van der Waals surface area contributed by atoms with E-state index in [4.69, 9.17) is 27.9 Å². The summed E-state index contributed by atoms with van der Waals surface area (Å²) in [4.78, 5) is 63.7. The topological polar surface area (TPSA) is 131 Å². The van der Waals surface area contributed by atoms with Gasteiger partial charge in [0.25, 0.3) is 5.91 Å². The monoisotopic (exact) mass is 609 g/mol. The smallest absolute Gasteiger partial charge is 0.328 e. The summed E-state index contributed by atoms with van der Waals surface area (Å²) in [5.41, 5.74) is 1.33. The van der Waals surface area contributed by atoms with Crippen molar-refractivity contribution in [3.63, 3.8) is 0 Å². The molecule has 13 heteroatoms. The zero-order valence-electron chi connectivity index (χ0n) is 21.9. The molecule has 214 valence electrons. The lowest BCUT2D eigenvalue weighted by atomic mass is 10.0. The zero-order chi connectivity index (χ0) is 29.2. The number of thioether (sulfide) groups is 1. The first kappa shape index (κ1) is 31.3. The van der Waals surface area contributed by atoms with Gasteiger partial charge in [0.1, 0.15) is 12.1 Å². The summed E-state index contributed by atoms with van der Waals surface area (Å²) >= 11 is 13.6. The fraction of sp³-hybridized carbons (Fsp3) is 0.370. The SMILES string of the molecule is COC(=O)CCCC(=O)N1CSC[C@@H]1C(=O)N[C@@H](Cc1ccc(NC(=O)c2c(Cl)cccc2Cl)cc1)C(=O)OC. The lowest BCUT2D eigenvalue weighted by Crippen LogP contribution is -2.52. The molecule has 3 amide bonds. The molecule has 1 saturated heterocycles. The number of hydrogen-bond acceptors (Lipinski definition) is 8. The third kappa shape index (κ3) is 8.36. The normalized spacial score (nSPS) is 15.2. The Morgan fingerprint density at radius 2 is 1.68 bits per heavy atom. The number of carbonyl (C=O) groups excluding carboxylic acids is 5. The van der Waals surface area contributed by atoms with E-state index in [0.717, 1.165) is 0 Å². The molecular formula is C27H29Cl2N3O7S. The summed E-state index contributed by atoms with van der Waals surface area (Å²) in [6.07, 6.45) is 0.649. The highest BCUT2D eigenvalue weighted by atomic mass is 35.5. The predicted octanol–water partition coefficient (Wildman–Crippen LogP) is 3.69. The highest BCUT2D eigenvalue weighted by Gasteiger charge is 2.36. The Hall–Kier alpha value is -3.28. The van der Waals surface area contributed by atoms with E-state index in [2.05, 4.69) is 15.4 Å². The van der Waals surface area contributed by atoms with Crippen LogP contribution in [0.15, 0.2) is 42.5 Å². The van der Waals surface area contributed by atoms with E-state index in [0.29, 0.717) is 29.3 Å². The molecule has 0 spiro atoms. The van der Waals surface area contributed by atoms with Crippen molar-refractivity contribution < 1.29 is 33.4 Å². The highest BCUT2D eigenvalue weighted by molar-refractivity contribution is 7.99.